The normalized spacial score (nSPS) is 35.6. The molecule has 2 rings (SSSR count). The smallest absolute Gasteiger partial charge is 0.0636 e. The lowest BCUT2D eigenvalue weighted by Gasteiger charge is -2.38. The summed E-state index contributed by atoms with van der Waals surface area (Å²) in [7, 11) is 6.54. The minimum Gasteiger partial charge on any atom is -0.380 e. The lowest BCUT2D eigenvalue weighted by molar-refractivity contribution is 0.00367. The third kappa shape index (κ3) is 3.41. The zero-order chi connectivity index (χ0) is 12.3. The fraction of sp³-hybridized carbons (Fsp3) is 1.00. The van der Waals surface area contributed by atoms with Crippen molar-refractivity contribution >= 4 is 0 Å². The second-order valence-electron chi connectivity index (χ2n) is 5.68. The van der Waals surface area contributed by atoms with Crippen LogP contribution in [0.5, 0.6) is 0 Å². The lowest BCUT2D eigenvalue weighted by atomic mass is 10.0. The van der Waals surface area contributed by atoms with Crippen molar-refractivity contribution in [3.63, 3.8) is 0 Å². The molecular weight excluding hydrogens is 214 g/mol. The SMILES string of the molecule is CNC1CCOCC1N(C)CC1CCN(C)C1. The molecule has 3 atom stereocenters. The number of hydrogen-bond acceptors (Lipinski definition) is 4. The van der Waals surface area contributed by atoms with Crippen LogP contribution < -0.4 is 5.32 Å². The highest BCUT2D eigenvalue weighted by atomic mass is 16.5. The topological polar surface area (TPSA) is 27.7 Å². The summed E-state index contributed by atoms with van der Waals surface area (Å²) >= 11 is 0. The zero-order valence-electron chi connectivity index (χ0n) is 11.5. The van der Waals surface area contributed by atoms with Crippen LogP contribution >= 0.6 is 0 Å². The van der Waals surface area contributed by atoms with Gasteiger partial charge in [0.25, 0.3) is 0 Å². The van der Waals surface area contributed by atoms with Gasteiger partial charge >= 0.3 is 0 Å². The number of hydrogen-bond donors (Lipinski definition) is 1. The Kier molecular flexibility index (Phi) is 4.79. The highest BCUT2D eigenvalue weighted by molar-refractivity contribution is 4.87. The Balaban J connectivity index is 1.83. The maximum absolute atomic E-state index is 5.63. The molecule has 2 aliphatic rings. The lowest BCUT2D eigenvalue weighted by Crippen LogP contribution is -2.54. The van der Waals surface area contributed by atoms with Gasteiger partial charge in [0.2, 0.25) is 0 Å². The Labute approximate surface area is 105 Å². The predicted octanol–water partition coefficient (Wildman–Crippen LogP) is 0.247. The van der Waals surface area contributed by atoms with Gasteiger partial charge in [-0.1, -0.05) is 0 Å². The first kappa shape index (κ1) is 13.3. The van der Waals surface area contributed by atoms with Gasteiger partial charge in [-0.3, -0.25) is 4.90 Å². The molecule has 0 aliphatic carbocycles. The number of nitrogens with one attached hydrogen (secondary N) is 1. The Hall–Kier alpha value is -0.160. The van der Waals surface area contributed by atoms with E-state index in [-0.39, 0.29) is 0 Å². The molecule has 3 unspecified atom stereocenters. The molecule has 0 spiro atoms. The van der Waals surface area contributed by atoms with Crippen LogP contribution in [0.3, 0.4) is 0 Å². The monoisotopic (exact) mass is 241 g/mol. The largest absolute Gasteiger partial charge is 0.380 e. The molecule has 4 nitrogen and oxygen atoms in total. The van der Waals surface area contributed by atoms with Crippen LogP contribution in [-0.4, -0.2) is 75.9 Å². The molecule has 1 N–H and O–H groups in total. The molecule has 100 valence electrons. The molecule has 0 saturated carbocycles. The van der Waals surface area contributed by atoms with E-state index >= 15 is 0 Å². The Bertz CT molecular complexity index is 237. The van der Waals surface area contributed by atoms with Crippen molar-refractivity contribution in [1.29, 1.82) is 0 Å². The molecule has 4 heteroatoms. The van der Waals surface area contributed by atoms with E-state index in [9.17, 15) is 0 Å². The van der Waals surface area contributed by atoms with Crippen molar-refractivity contribution in [1.82, 2.24) is 15.1 Å². The summed E-state index contributed by atoms with van der Waals surface area (Å²) < 4.78 is 5.63. The van der Waals surface area contributed by atoms with E-state index in [0.29, 0.717) is 12.1 Å². The number of rotatable bonds is 4. The summed E-state index contributed by atoms with van der Waals surface area (Å²) in [5, 5.41) is 3.44. The van der Waals surface area contributed by atoms with Gasteiger partial charge in [-0.15, -0.1) is 0 Å². The van der Waals surface area contributed by atoms with E-state index in [4.69, 9.17) is 4.74 Å². The third-order valence-electron chi connectivity index (χ3n) is 4.30. The molecule has 2 heterocycles. The Morgan fingerprint density at radius 1 is 1.41 bits per heavy atom. The fourth-order valence-electron chi connectivity index (χ4n) is 3.21. The molecule has 0 amide bonds. The van der Waals surface area contributed by atoms with Crippen LogP contribution in [0.4, 0.5) is 0 Å². The minimum absolute atomic E-state index is 0.541. The second kappa shape index (κ2) is 6.14. The van der Waals surface area contributed by atoms with Crippen molar-refractivity contribution in [2.45, 2.75) is 24.9 Å². The van der Waals surface area contributed by atoms with Crippen LogP contribution in [-0.2, 0) is 4.74 Å². The van der Waals surface area contributed by atoms with Crippen LogP contribution in [0.2, 0.25) is 0 Å². The Morgan fingerprint density at radius 3 is 2.88 bits per heavy atom. The fourth-order valence-corrected chi connectivity index (χ4v) is 3.21. The molecule has 2 saturated heterocycles. The second-order valence-corrected chi connectivity index (χ2v) is 5.68. The van der Waals surface area contributed by atoms with Gasteiger partial charge in [0.15, 0.2) is 0 Å². The van der Waals surface area contributed by atoms with Gasteiger partial charge in [0, 0.05) is 31.8 Å². The summed E-state index contributed by atoms with van der Waals surface area (Å²) in [5.74, 6) is 0.837. The molecule has 17 heavy (non-hydrogen) atoms. The first-order chi connectivity index (χ1) is 8.20. The number of ether oxygens (including phenoxy) is 1. The summed E-state index contributed by atoms with van der Waals surface area (Å²) in [5.41, 5.74) is 0. The highest BCUT2D eigenvalue weighted by Crippen LogP contribution is 2.19. The third-order valence-corrected chi connectivity index (χ3v) is 4.30. The van der Waals surface area contributed by atoms with Crippen molar-refractivity contribution in [3.05, 3.63) is 0 Å². The average molecular weight is 241 g/mol. The van der Waals surface area contributed by atoms with Crippen molar-refractivity contribution in [2.75, 3.05) is 54.0 Å². The first-order valence-corrected chi connectivity index (χ1v) is 6.84. The van der Waals surface area contributed by atoms with Gasteiger partial charge in [0.1, 0.15) is 0 Å². The van der Waals surface area contributed by atoms with E-state index in [1.165, 1.54) is 26.1 Å². The number of likely N-dealkylation sites (N-methyl/N-ethyl adjacent to an activating group) is 2. The van der Waals surface area contributed by atoms with E-state index in [2.05, 4.69) is 36.3 Å². The summed E-state index contributed by atoms with van der Waals surface area (Å²) in [6, 6.07) is 1.13. The summed E-state index contributed by atoms with van der Waals surface area (Å²) in [6.45, 7) is 5.50. The standard InChI is InChI=1S/C13H27N3O/c1-14-12-5-7-17-10-13(12)16(3)9-11-4-6-15(2)8-11/h11-14H,4-10H2,1-3H3. The van der Waals surface area contributed by atoms with Gasteiger partial charge in [-0.05, 0) is 46.4 Å². The van der Waals surface area contributed by atoms with E-state index in [0.717, 1.165) is 25.6 Å². The van der Waals surface area contributed by atoms with Crippen LogP contribution in [0.1, 0.15) is 12.8 Å². The van der Waals surface area contributed by atoms with Crippen molar-refractivity contribution < 1.29 is 4.74 Å². The maximum Gasteiger partial charge on any atom is 0.0636 e. The van der Waals surface area contributed by atoms with E-state index in [1.807, 2.05) is 0 Å². The molecule has 0 aromatic rings. The van der Waals surface area contributed by atoms with Crippen LogP contribution in [0, 0.1) is 5.92 Å². The van der Waals surface area contributed by atoms with Crippen LogP contribution in [0.25, 0.3) is 0 Å². The van der Waals surface area contributed by atoms with Crippen molar-refractivity contribution in [3.8, 4) is 0 Å². The molecular formula is C13H27N3O. The highest BCUT2D eigenvalue weighted by Gasteiger charge is 2.30. The molecule has 2 aliphatic heterocycles. The van der Waals surface area contributed by atoms with Gasteiger partial charge in [-0.2, -0.15) is 0 Å². The molecule has 0 bridgehead atoms. The number of likely N-dealkylation sites (tertiary alicyclic amines) is 1. The first-order valence-electron chi connectivity index (χ1n) is 6.84. The van der Waals surface area contributed by atoms with E-state index in [1.54, 1.807) is 0 Å². The van der Waals surface area contributed by atoms with Gasteiger partial charge in [-0.25, -0.2) is 0 Å². The molecule has 0 radical (unpaired) electrons. The average Bonchev–Trinajstić information content (AvgIpc) is 2.74. The van der Waals surface area contributed by atoms with Crippen molar-refractivity contribution in [2.24, 2.45) is 5.92 Å². The Morgan fingerprint density at radius 2 is 2.24 bits per heavy atom. The number of nitrogens with zero attached hydrogens (tertiary/aromatic N) is 2. The predicted molar refractivity (Wildman–Crippen MR) is 70.3 cm³/mol. The molecule has 0 aromatic heterocycles. The van der Waals surface area contributed by atoms with Gasteiger partial charge < -0.3 is 15.0 Å². The molecule has 2 fully saturated rings. The van der Waals surface area contributed by atoms with Crippen LogP contribution in [0.15, 0.2) is 0 Å². The van der Waals surface area contributed by atoms with Gasteiger partial charge in [0.05, 0.1) is 6.61 Å². The van der Waals surface area contributed by atoms with E-state index < -0.39 is 0 Å². The zero-order valence-corrected chi connectivity index (χ0v) is 11.5. The summed E-state index contributed by atoms with van der Waals surface area (Å²) in [6.07, 6.45) is 2.48. The minimum atomic E-state index is 0.541. The summed E-state index contributed by atoms with van der Waals surface area (Å²) in [4.78, 5) is 4.94. The molecule has 0 aromatic carbocycles. The quantitative estimate of drug-likeness (QED) is 0.763. The maximum atomic E-state index is 5.63.